The molecule has 1 saturated carbocycles. The van der Waals surface area contributed by atoms with Crippen LogP contribution in [0.25, 0.3) is 0 Å². The minimum Gasteiger partial charge on any atom is -0.395 e. The number of rotatable bonds is 7. The molecule has 1 aliphatic carbocycles. The number of aliphatic hydroxyl groups is 1. The summed E-state index contributed by atoms with van der Waals surface area (Å²) in [5, 5.41) is 13.5. The average molecular weight is 283 g/mol. The van der Waals surface area contributed by atoms with Crippen molar-refractivity contribution in [2.24, 2.45) is 0 Å². The van der Waals surface area contributed by atoms with Crippen LogP contribution in [0, 0.1) is 0 Å². The van der Waals surface area contributed by atoms with Gasteiger partial charge in [-0.05, 0) is 37.9 Å². The number of anilines is 1. The van der Waals surface area contributed by atoms with Gasteiger partial charge in [0, 0.05) is 35.4 Å². The highest BCUT2D eigenvalue weighted by atomic mass is 35.5. The molecule has 2 N–H and O–H groups in total. The maximum Gasteiger partial charge on any atom is 0.0606 e. The van der Waals surface area contributed by atoms with E-state index < -0.39 is 0 Å². The van der Waals surface area contributed by atoms with E-state index in [4.69, 9.17) is 11.6 Å². The largest absolute Gasteiger partial charge is 0.395 e. The van der Waals surface area contributed by atoms with E-state index in [1.165, 1.54) is 24.9 Å². The standard InChI is InChI=1S/C15H23ClN2O/c1-2-17-11-13-14(16)7-4-8-15(13)18(9-10-19)12-5-3-6-12/h4,7-8,12,17,19H,2-3,5-6,9-11H2,1H3. The highest BCUT2D eigenvalue weighted by molar-refractivity contribution is 6.31. The van der Waals surface area contributed by atoms with Gasteiger partial charge in [0.25, 0.3) is 0 Å². The number of halogens is 1. The molecule has 0 unspecified atom stereocenters. The molecule has 4 heteroatoms. The fourth-order valence-corrected chi connectivity index (χ4v) is 2.78. The molecule has 1 fully saturated rings. The van der Waals surface area contributed by atoms with Crippen LogP contribution >= 0.6 is 11.6 Å². The van der Waals surface area contributed by atoms with E-state index in [-0.39, 0.29) is 6.61 Å². The molecular formula is C15H23ClN2O. The summed E-state index contributed by atoms with van der Waals surface area (Å²) in [5.41, 5.74) is 2.32. The Morgan fingerprint density at radius 2 is 2.21 bits per heavy atom. The van der Waals surface area contributed by atoms with Gasteiger partial charge in [-0.15, -0.1) is 0 Å². The van der Waals surface area contributed by atoms with E-state index in [0.717, 1.165) is 23.7 Å². The molecule has 0 aromatic heterocycles. The zero-order chi connectivity index (χ0) is 13.7. The average Bonchev–Trinajstić information content (AvgIpc) is 2.34. The quantitative estimate of drug-likeness (QED) is 0.807. The van der Waals surface area contributed by atoms with Crippen molar-refractivity contribution in [3.63, 3.8) is 0 Å². The van der Waals surface area contributed by atoms with Gasteiger partial charge >= 0.3 is 0 Å². The molecule has 1 aliphatic rings. The molecule has 0 spiro atoms. The summed E-state index contributed by atoms with van der Waals surface area (Å²) in [6, 6.07) is 6.61. The second-order valence-corrected chi connectivity index (χ2v) is 5.43. The number of nitrogens with one attached hydrogen (secondary N) is 1. The fraction of sp³-hybridized carbons (Fsp3) is 0.600. The van der Waals surface area contributed by atoms with Crippen LogP contribution in [0.3, 0.4) is 0 Å². The minimum atomic E-state index is 0.184. The van der Waals surface area contributed by atoms with Crippen molar-refractivity contribution in [1.82, 2.24) is 5.32 Å². The first-order valence-corrected chi connectivity index (χ1v) is 7.51. The third-order valence-electron chi connectivity index (χ3n) is 3.81. The molecule has 1 aromatic rings. The Labute approximate surface area is 120 Å². The van der Waals surface area contributed by atoms with Gasteiger partial charge in [-0.2, -0.15) is 0 Å². The lowest BCUT2D eigenvalue weighted by Crippen LogP contribution is -2.42. The van der Waals surface area contributed by atoms with Crippen molar-refractivity contribution in [3.8, 4) is 0 Å². The highest BCUT2D eigenvalue weighted by Gasteiger charge is 2.26. The van der Waals surface area contributed by atoms with E-state index in [1.54, 1.807) is 0 Å². The van der Waals surface area contributed by atoms with Crippen molar-refractivity contribution in [2.75, 3.05) is 24.6 Å². The van der Waals surface area contributed by atoms with E-state index in [9.17, 15) is 5.11 Å². The predicted octanol–water partition coefficient (Wildman–Crippen LogP) is 2.80. The minimum absolute atomic E-state index is 0.184. The first-order chi connectivity index (χ1) is 9.27. The molecule has 0 saturated heterocycles. The summed E-state index contributed by atoms with van der Waals surface area (Å²) < 4.78 is 0. The van der Waals surface area contributed by atoms with Crippen molar-refractivity contribution in [3.05, 3.63) is 28.8 Å². The molecule has 0 amide bonds. The maximum atomic E-state index is 9.31. The zero-order valence-corrected chi connectivity index (χ0v) is 12.3. The first-order valence-electron chi connectivity index (χ1n) is 7.13. The van der Waals surface area contributed by atoms with Gasteiger partial charge in [0.15, 0.2) is 0 Å². The monoisotopic (exact) mass is 282 g/mol. The van der Waals surface area contributed by atoms with Crippen LogP contribution in [-0.4, -0.2) is 30.8 Å². The number of aliphatic hydroxyl groups excluding tert-OH is 1. The number of hydrogen-bond acceptors (Lipinski definition) is 3. The van der Waals surface area contributed by atoms with Gasteiger partial charge in [-0.1, -0.05) is 24.6 Å². The molecule has 2 rings (SSSR count). The summed E-state index contributed by atoms with van der Waals surface area (Å²) in [7, 11) is 0. The topological polar surface area (TPSA) is 35.5 Å². The van der Waals surface area contributed by atoms with Gasteiger partial charge in [-0.3, -0.25) is 0 Å². The van der Waals surface area contributed by atoms with E-state index in [2.05, 4.69) is 23.2 Å². The van der Waals surface area contributed by atoms with Gasteiger partial charge in [0.1, 0.15) is 0 Å². The number of benzene rings is 1. The molecule has 0 atom stereocenters. The van der Waals surface area contributed by atoms with Crippen LogP contribution in [-0.2, 0) is 6.54 Å². The Kier molecular flexibility index (Phi) is 5.49. The molecule has 0 bridgehead atoms. The molecule has 19 heavy (non-hydrogen) atoms. The Morgan fingerprint density at radius 3 is 2.79 bits per heavy atom. The lowest BCUT2D eigenvalue weighted by molar-refractivity contribution is 0.283. The number of nitrogens with zero attached hydrogens (tertiary/aromatic N) is 1. The SMILES string of the molecule is CCNCc1c(Cl)cccc1N(CCO)C1CCC1. The summed E-state index contributed by atoms with van der Waals surface area (Å²) in [6.45, 7) is 4.66. The predicted molar refractivity (Wildman–Crippen MR) is 80.9 cm³/mol. The summed E-state index contributed by atoms with van der Waals surface area (Å²) in [4.78, 5) is 2.32. The van der Waals surface area contributed by atoms with E-state index in [0.29, 0.717) is 12.6 Å². The van der Waals surface area contributed by atoms with Crippen molar-refractivity contribution in [1.29, 1.82) is 0 Å². The van der Waals surface area contributed by atoms with Crippen LogP contribution in [0.2, 0.25) is 5.02 Å². The Hall–Kier alpha value is -0.770. The fourth-order valence-electron chi connectivity index (χ4n) is 2.55. The lowest BCUT2D eigenvalue weighted by Gasteiger charge is -2.40. The third-order valence-corrected chi connectivity index (χ3v) is 4.17. The lowest BCUT2D eigenvalue weighted by atomic mass is 9.90. The van der Waals surface area contributed by atoms with Crippen molar-refractivity contribution in [2.45, 2.75) is 38.8 Å². The molecular weight excluding hydrogens is 260 g/mol. The Balaban J connectivity index is 2.26. The molecule has 0 heterocycles. The van der Waals surface area contributed by atoms with Gasteiger partial charge in [0.2, 0.25) is 0 Å². The molecule has 0 radical (unpaired) electrons. The van der Waals surface area contributed by atoms with Crippen molar-refractivity contribution >= 4 is 17.3 Å². The van der Waals surface area contributed by atoms with E-state index in [1.807, 2.05) is 12.1 Å². The molecule has 106 valence electrons. The van der Waals surface area contributed by atoms with Gasteiger partial charge < -0.3 is 15.3 Å². The van der Waals surface area contributed by atoms with Crippen LogP contribution in [0.15, 0.2) is 18.2 Å². The summed E-state index contributed by atoms with van der Waals surface area (Å²) in [6.07, 6.45) is 3.72. The summed E-state index contributed by atoms with van der Waals surface area (Å²) >= 11 is 6.35. The molecule has 0 aliphatic heterocycles. The first kappa shape index (κ1) is 14.6. The molecule has 3 nitrogen and oxygen atoms in total. The van der Waals surface area contributed by atoms with Gasteiger partial charge in [0.05, 0.1) is 6.61 Å². The molecule has 1 aromatic carbocycles. The zero-order valence-electron chi connectivity index (χ0n) is 11.5. The Morgan fingerprint density at radius 1 is 1.42 bits per heavy atom. The van der Waals surface area contributed by atoms with Crippen LogP contribution < -0.4 is 10.2 Å². The normalized spacial score (nSPS) is 15.3. The smallest absolute Gasteiger partial charge is 0.0606 e. The summed E-state index contributed by atoms with van der Waals surface area (Å²) in [5.74, 6) is 0. The van der Waals surface area contributed by atoms with Crippen LogP contribution in [0.1, 0.15) is 31.7 Å². The highest BCUT2D eigenvalue weighted by Crippen LogP contribution is 2.34. The third kappa shape index (κ3) is 3.41. The maximum absolute atomic E-state index is 9.31. The second-order valence-electron chi connectivity index (χ2n) is 5.02. The Bertz CT molecular complexity index is 407. The van der Waals surface area contributed by atoms with Crippen LogP contribution in [0.4, 0.5) is 5.69 Å². The van der Waals surface area contributed by atoms with Crippen LogP contribution in [0.5, 0.6) is 0 Å². The second kappa shape index (κ2) is 7.13. The number of hydrogen-bond donors (Lipinski definition) is 2. The van der Waals surface area contributed by atoms with Gasteiger partial charge in [-0.25, -0.2) is 0 Å². The van der Waals surface area contributed by atoms with Crippen molar-refractivity contribution < 1.29 is 5.11 Å². The van der Waals surface area contributed by atoms with E-state index >= 15 is 0 Å².